The van der Waals surface area contributed by atoms with E-state index in [-0.39, 0.29) is 0 Å². The molecule has 0 amide bonds. The summed E-state index contributed by atoms with van der Waals surface area (Å²) in [4.78, 5) is 6.96. The van der Waals surface area contributed by atoms with Gasteiger partial charge in [0.1, 0.15) is 5.82 Å². The minimum absolute atomic E-state index is 0.701. The van der Waals surface area contributed by atoms with Crippen LogP contribution in [0.2, 0.25) is 0 Å². The van der Waals surface area contributed by atoms with Gasteiger partial charge in [0.25, 0.3) is 0 Å². The van der Waals surface area contributed by atoms with Crippen LogP contribution in [0.25, 0.3) is 0 Å². The van der Waals surface area contributed by atoms with Gasteiger partial charge in [-0.25, -0.2) is 4.98 Å². The summed E-state index contributed by atoms with van der Waals surface area (Å²) in [6.07, 6.45) is 13.1. The number of nitrogens with zero attached hydrogens (tertiary/aromatic N) is 5. The molecule has 2 aromatic rings. The minimum atomic E-state index is 0.701. The lowest BCUT2D eigenvalue weighted by molar-refractivity contribution is 0.130. The molecule has 114 valence electrons. The molecule has 0 bridgehead atoms. The maximum Gasteiger partial charge on any atom is 0.105 e. The monoisotopic (exact) mass is 287 g/mol. The van der Waals surface area contributed by atoms with E-state index in [0.717, 1.165) is 25.5 Å². The summed E-state index contributed by atoms with van der Waals surface area (Å²) in [6.45, 7) is 6.51. The van der Waals surface area contributed by atoms with Crippen molar-refractivity contribution < 1.29 is 0 Å². The third-order valence-electron chi connectivity index (χ3n) is 4.55. The van der Waals surface area contributed by atoms with E-state index in [0.29, 0.717) is 6.04 Å². The SMILES string of the molecule is Cc1nccn1CCN1CCCC[C@@H]1CCn1cccn1. The fraction of sp³-hybridized carbons (Fsp3) is 0.625. The Morgan fingerprint density at radius 2 is 2.10 bits per heavy atom. The van der Waals surface area contributed by atoms with E-state index in [1.165, 1.54) is 32.2 Å². The fourth-order valence-corrected chi connectivity index (χ4v) is 3.27. The van der Waals surface area contributed by atoms with Crippen LogP contribution in [0.4, 0.5) is 0 Å². The van der Waals surface area contributed by atoms with E-state index in [1.54, 1.807) is 0 Å². The Bertz CT molecular complexity index is 531. The second-order valence-electron chi connectivity index (χ2n) is 5.91. The molecule has 3 heterocycles. The maximum atomic E-state index is 4.31. The minimum Gasteiger partial charge on any atom is -0.334 e. The number of imidazole rings is 1. The topological polar surface area (TPSA) is 38.9 Å². The first-order chi connectivity index (χ1) is 10.3. The number of hydrogen-bond acceptors (Lipinski definition) is 3. The molecular weight excluding hydrogens is 262 g/mol. The molecule has 0 radical (unpaired) electrons. The third kappa shape index (κ3) is 3.73. The highest BCUT2D eigenvalue weighted by Gasteiger charge is 2.21. The lowest BCUT2D eigenvalue weighted by Gasteiger charge is -2.36. The zero-order valence-corrected chi connectivity index (χ0v) is 12.9. The van der Waals surface area contributed by atoms with Gasteiger partial charge in [-0.05, 0) is 38.8 Å². The molecule has 2 aromatic heterocycles. The smallest absolute Gasteiger partial charge is 0.105 e. The van der Waals surface area contributed by atoms with Crippen LogP contribution in [0.5, 0.6) is 0 Å². The number of aryl methyl sites for hydroxylation is 2. The van der Waals surface area contributed by atoms with Gasteiger partial charge in [0.2, 0.25) is 0 Å². The van der Waals surface area contributed by atoms with Gasteiger partial charge in [0.05, 0.1) is 0 Å². The van der Waals surface area contributed by atoms with E-state index in [1.807, 2.05) is 23.1 Å². The molecule has 3 rings (SSSR count). The average Bonchev–Trinajstić information content (AvgIpc) is 3.15. The summed E-state index contributed by atoms with van der Waals surface area (Å²) in [5, 5.41) is 4.31. The van der Waals surface area contributed by atoms with Crippen LogP contribution in [-0.4, -0.2) is 43.4 Å². The van der Waals surface area contributed by atoms with Crippen LogP contribution < -0.4 is 0 Å². The Morgan fingerprint density at radius 3 is 2.86 bits per heavy atom. The zero-order valence-electron chi connectivity index (χ0n) is 12.9. The van der Waals surface area contributed by atoms with Crippen LogP contribution in [0.3, 0.4) is 0 Å². The van der Waals surface area contributed by atoms with E-state index in [4.69, 9.17) is 0 Å². The van der Waals surface area contributed by atoms with Crippen LogP contribution in [0, 0.1) is 6.92 Å². The highest BCUT2D eigenvalue weighted by Crippen LogP contribution is 2.20. The standard InChI is InChI=1S/C16H25N5/c1-15-17-8-12-19(15)13-14-20-9-3-2-5-16(20)6-11-21-10-4-7-18-21/h4,7-8,10,12,16H,2-3,5-6,9,11,13-14H2,1H3/t16-/m1/s1. The summed E-state index contributed by atoms with van der Waals surface area (Å²) >= 11 is 0. The first-order valence-corrected chi connectivity index (χ1v) is 8.02. The Balaban J connectivity index is 1.52. The first-order valence-electron chi connectivity index (χ1n) is 8.02. The van der Waals surface area contributed by atoms with Gasteiger partial charge in [-0.1, -0.05) is 6.42 Å². The van der Waals surface area contributed by atoms with Crippen molar-refractivity contribution in [1.82, 2.24) is 24.2 Å². The second-order valence-corrected chi connectivity index (χ2v) is 5.91. The number of rotatable bonds is 6. The average molecular weight is 287 g/mol. The molecule has 1 fully saturated rings. The highest BCUT2D eigenvalue weighted by atomic mass is 15.3. The molecule has 5 heteroatoms. The predicted octanol–water partition coefficient (Wildman–Crippen LogP) is 2.33. The molecule has 0 spiro atoms. The van der Waals surface area contributed by atoms with Crippen molar-refractivity contribution in [2.45, 2.75) is 51.7 Å². The van der Waals surface area contributed by atoms with Crippen molar-refractivity contribution in [2.75, 3.05) is 13.1 Å². The lowest BCUT2D eigenvalue weighted by atomic mass is 9.99. The molecule has 5 nitrogen and oxygen atoms in total. The number of likely N-dealkylation sites (tertiary alicyclic amines) is 1. The molecule has 0 saturated carbocycles. The second kappa shape index (κ2) is 6.89. The summed E-state index contributed by atoms with van der Waals surface area (Å²) in [7, 11) is 0. The molecule has 1 atom stereocenters. The van der Waals surface area contributed by atoms with E-state index in [9.17, 15) is 0 Å². The quantitative estimate of drug-likeness (QED) is 0.818. The van der Waals surface area contributed by atoms with Crippen LogP contribution in [-0.2, 0) is 13.1 Å². The summed E-state index contributed by atoms with van der Waals surface area (Å²) in [5.41, 5.74) is 0. The van der Waals surface area contributed by atoms with Crippen LogP contribution >= 0.6 is 0 Å². The predicted molar refractivity (Wildman–Crippen MR) is 83.0 cm³/mol. The molecule has 1 aliphatic heterocycles. The number of aromatic nitrogens is 4. The lowest BCUT2D eigenvalue weighted by Crippen LogP contribution is -2.41. The van der Waals surface area contributed by atoms with Crippen molar-refractivity contribution in [3.05, 3.63) is 36.7 Å². The molecular formula is C16H25N5. The van der Waals surface area contributed by atoms with Gasteiger partial charge in [0.15, 0.2) is 0 Å². The maximum absolute atomic E-state index is 4.31. The zero-order chi connectivity index (χ0) is 14.5. The van der Waals surface area contributed by atoms with Crippen molar-refractivity contribution in [3.63, 3.8) is 0 Å². The first kappa shape index (κ1) is 14.3. The van der Waals surface area contributed by atoms with E-state index < -0.39 is 0 Å². The Hall–Kier alpha value is -1.62. The Morgan fingerprint density at radius 1 is 1.14 bits per heavy atom. The normalized spacial score (nSPS) is 20.0. The van der Waals surface area contributed by atoms with Crippen molar-refractivity contribution in [1.29, 1.82) is 0 Å². The van der Waals surface area contributed by atoms with Gasteiger partial charge in [-0.3, -0.25) is 9.58 Å². The van der Waals surface area contributed by atoms with Gasteiger partial charge < -0.3 is 4.57 Å². The summed E-state index contributed by atoms with van der Waals surface area (Å²) < 4.78 is 4.30. The molecule has 1 aliphatic rings. The van der Waals surface area contributed by atoms with Crippen LogP contribution in [0.15, 0.2) is 30.9 Å². The van der Waals surface area contributed by atoms with Crippen molar-refractivity contribution in [3.8, 4) is 0 Å². The summed E-state index contributed by atoms with van der Waals surface area (Å²) in [5.74, 6) is 1.11. The molecule has 1 saturated heterocycles. The molecule has 0 unspecified atom stereocenters. The third-order valence-corrected chi connectivity index (χ3v) is 4.55. The molecule has 0 N–H and O–H groups in total. The van der Waals surface area contributed by atoms with Crippen LogP contribution in [0.1, 0.15) is 31.5 Å². The highest BCUT2D eigenvalue weighted by molar-refractivity contribution is 4.89. The van der Waals surface area contributed by atoms with Crippen molar-refractivity contribution in [2.24, 2.45) is 0 Å². The van der Waals surface area contributed by atoms with Gasteiger partial charge in [0, 0.05) is 50.5 Å². The largest absolute Gasteiger partial charge is 0.334 e. The molecule has 21 heavy (non-hydrogen) atoms. The Labute approximate surface area is 126 Å². The summed E-state index contributed by atoms with van der Waals surface area (Å²) in [6, 6.07) is 2.70. The fourth-order valence-electron chi connectivity index (χ4n) is 3.27. The van der Waals surface area contributed by atoms with Crippen molar-refractivity contribution >= 4 is 0 Å². The number of hydrogen-bond donors (Lipinski definition) is 0. The molecule has 0 aromatic carbocycles. The molecule has 0 aliphatic carbocycles. The van der Waals surface area contributed by atoms with Gasteiger partial charge in [-0.15, -0.1) is 0 Å². The van der Waals surface area contributed by atoms with Gasteiger partial charge >= 0.3 is 0 Å². The van der Waals surface area contributed by atoms with E-state index >= 15 is 0 Å². The van der Waals surface area contributed by atoms with Gasteiger partial charge in [-0.2, -0.15) is 5.10 Å². The Kier molecular flexibility index (Phi) is 4.70. The van der Waals surface area contributed by atoms with E-state index in [2.05, 4.69) is 38.9 Å². The number of piperidine rings is 1.